The first kappa shape index (κ1) is 11.4. The van der Waals surface area contributed by atoms with E-state index in [1.54, 1.807) is 18.2 Å². The summed E-state index contributed by atoms with van der Waals surface area (Å²) in [7, 11) is 0. The average Bonchev–Trinajstić information content (AvgIpc) is 2.36. The second-order valence-electron chi connectivity index (χ2n) is 4.07. The van der Waals surface area contributed by atoms with Gasteiger partial charge in [0.25, 0.3) is 0 Å². The van der Waals surface area contributed by atoms with Crippen LogP contribution in [0.3, 0.4) is 0 Å². The monoisotopic (exact) mass is 232 g/mol. The van der Waals surface area contributed by atoms with Crippen molar-refractivity contribution in [1.29, 1.82) is 0 Å². The maximum Gasteiger partial charge on any atom is 0.224 e. The van der Waals surface area contributed by atoms with Crippen LogP contribution in [0, 0.1) is 4.91 Å². The summed E-state index contributed by atoms with van der Waals surface area (Å²) in [6, 6.07) is 4.15. The van der Waals surface area contributed by atoms with Crippen molar-refractivity contribution in [3.63, 3.8) is 0 Å². The molecule has 0 aliphatic carbocycles. The van der Waals surface area contributed by atoms with Gasteiger partial charge in [-0.3, -0.25) is 9.59 Å². The minimum Gasteiger partial charge on any atom is -0.326 e. The molecule has 0 fully saturated rings. The van der Waals surface area contributed by atoms with E-state index in [0.717, 1.165) is 11.3 Å². The number of aryl methyl sites for hydroxylation is 1. The molecule has 1 aromatic rings. The lowest BCUT2D eigenvalue weighted by Gasteiger charge is -2.17. The number of Topliss-reactive ketones (excluding diaryl/α,β-unsaturated/α-hetero) is 1. The SMILES string of the molecule is CC(N=O)C(=O)c1ccc2c(c1)CCC(=O)N2. The Kier molecular flexibility index (Phi) is 2.99. The Bertz CT molecular complexity index is 497. The normalized spacial score (nSPS) is 15.7. The number of hydrogen-bond donors (Lipinski definition) is 1. The summed E-state index contributed by atoms with van der Waals surface area (Å²) < 4.78 is 0. The first-order valence-electron chi connectivity index (χ1n) is 5.41. The number of hydrogen-bond acceptors (Lipinski definition) is 4. The van der Waals surface area contributed by atoms with Crippen molar-refractivity contribution >= 4 is 17.4 Å². The van der Waals surface area contributed by atoms with E-state index in [-0.39, 0.29) is 11.7 Å². The van der Waals surface area contributed by atoms with E-state index in [9.17, 15) is 14.5 Å². The zero-order chi connectivity index (χ0) is 12.4. The third-order valence-corrected chi connectivity index (χ3v) is 2.82. The van der Waals surface area contributed by atoms with Crippen molar-refractivity contribution in [3.05, 3.63) is 34.2 Å². The van der Waals surface area contributed by atoms with Gasteiger partial charge in [0.1, 0.15) is 0 Å². The van der Waals surface area contributed by atoms with Gasteiger partial charge in [-0.25, -0.2) is 0 Å². The lowest BCUT2D eigenvalue weighted by atomic mass is 9.97. The van der Waals surface area contributed by atoms with E-state index in [1.165, 1.54) is 6.92 Å². The first-order valence-corrected chi connectivity index (χ1v) is 5.41. The highest BCUT2D eigenvalue weighted by atomic mass is 16.3. The van der Waals surface area contributed by atoms with Crippen LogP contribution in [0.4, 0.5) is 5.69 Å². The Labute approximate surface area is 98.2 Å². The van der Waals surface area contributed by atoms with Crippen molar-refractivity contribution in [2.24, 2.45) is 5.18 Å². The summed E-state index contributed by atoms with van der Waals surface area (Å²) in [5.41, 5.74) is 2.13. The Hall–Kier alpha value is -2.04. The molecule has 1 atom stereocenters. The van der Waals surface area contributed by atoms with Crippen LogP contribution >= 0.6 is 0 Å². The largest absolute Gasteiger partial charge is 0.326 e. The van der Waals surface area contributed by atoms with Gasteiger partial charge >= 0.3 is 0 Å². The first-order chi connectivity index (χ1) is 8.11. The van der Waals surface area contributed by atoms with Crippen LogP contribution in [0.5, 0.6) is 0 Å². The molecule has 2 rings (SSSR count). The van der Waals surface area contributed by atoms with E-state index in [2.05, 4.69) is 10.5 Å². The Balaban J connectivity index is 2.31. The number of nitrogens with one attached hydrogen (secondary N) is 1. The van der Waals surface area contributed by atoms with Crippen molar-refractivity contribution < 1.29 is 9.59 Å². The van der Waals surface area contributed by atoms with Crippen LogP contribution in [-0.2, 0) is 11.2 Å². The minimum atomic E-state index is -0.869. The third-order valence-electron chi connectivity index (χ3n) is 2.82. The molecule has 0 bridgehead atoms. The predicted octanol–water partition coefficient (Wildman–Crippen LogP) is 1.91. The van der Waals surface area contributed by atoms with Gasteiger partial charge in [0, 0.05) is 17.7 Å². The summed E-state index contributed by atoms with van der Waals surface area (Å²) in [6.07, 6.45) is 1.04. The molecule has 1 amide bonds. The maximum atomic E-state index is 11.7. The molecule has 0 saturated carbocycles. The number of nitrogens with zero attached hydrogens (tertiary/aromatic N) is 1. The van der Waals surface area contributed by atoms with Crippen molar-refractivity contribution in [1.82, 2.24) is 0 Å². The Morgan fingerprint density at radius 1 is 1.41 bits per heavy atom. The Morgan fingerprint density at radius 2 is 2.18 bits per heavy atom. The lowest BCUT2D eigenvalue weighted by Crippen LogP contribution is -2.20. The summed E-state index contributed by atoms with van der Waals surface area (Å²) in [4.78, 5) is 33.2. The van der Waals surface area contributed by atoms with E-state index in [0.29, 0.717) is 18.4 Å². The molecule has 0 radical (unpaired) electrons. The van der Waals surface area contributed by atoms with Gasteiger partial charge < -0.3 is 5.32 Å². The fraction of sp³-hybridized carbons (Fsp3) is 0.333. The fourth-order valence-corrected chi connectivity index (χ4v) is 1.83. The van der Waals surface area contributed by atoms with Crippen LogP contribution in [0.2, 0.25) is 0 Å². The summed E-state index contributed by atoms with van der Waals surface area (Å²) in [5, 5.41) is 5.45. The molecule has 1 heterocycles. The molecule has 0 aromatic heterocycles. The topological polar surface area (TPSA) is 75.6 Å². The zero-order valence-corrected chi connectivity index (χ0v) is 9.40. The van der Waals surface area contributed by atoms with Crippen molar-refractivity contribution in [3.8, 4) is 0 Å². The van der Waals surface area contributed by atoms with E-state index in [1.807, 2.05) is 0 Å². The average molecular weight is 232 g/mol. The van der Waals surface area contributed by atoms with Gasteiger partial charge in [-0.05, 0) is 37.1 Å². The molecular weight excluding hydrogens is 220 g/mol. The highest BCUT2D eigenvalue weighted by Crippen LogP contribution is 2.24. The number of carbonyl (C=O) groups excluding carboxylic acids is 2. The Morgan fingerprint density at radius 3 is 2.88 bits per heavy atom. The molecule has 1 aliphatic heterocycles. The van der Waals surface area contributed by atoms with Gasteiger partial charge in [-0.1, -0.05) is 5.18 Å². The second kappa shape index (κ2) is 4.45. The van der Waals surface area contributed by atoms with E-state index >= 15 is 0 Å². The highest BCUT2D eigenvalue weighted by Gasteiger charge is 2.19. The van der Waals surface area contributed by atoms with Crippen LogP contribution in [0.15, 0.2) is 23.4 Å². The number of nitroso groups, excluding NO2 is 1. The smallest absolute Gasteiger partial charge is 0.224 e. The highest BCUT2D eigenvalue weighted by molar-refractivity contribution is 6.01. The molecule has 1 aliphatic rings. The standard InChI is InChI=1S/C12H12N2O3/c1-7(14-17)12(16)9-2-4-10-8(6-9)3-5-11(15)13-10/h2,4,6-7H,3,5H2,1H3,(H,13,15). The molecule has 5 heteroatoms. The van der Waals surface area contributed by atoms with Crippen LogP contribution in [0.25, 0.3) is 0 Å². The molecule has 1 aromatic carbocycles. The summed E-state index contributed by atoms with van der Waals surface area (Å²) >= 11 is 0. The number of fused-ring (bicyclic) bond motifs is 1. The van der Waals surface area contributed by atoms with Crippen molar-refractivity contribution in [2.75, 3.05) is 5.32 Å². The van der Waals surface area contributed by atoms with Crippen molar-refractivity contribution in [2.45, 2.75) is 25.8 Å². The molecule has 0 saturated heterocycles. The molecule has 1 unspecified atom stereocenters. The van der Waals surface area contributed by atoms with Crippen LogP contribution < -0.4 is 5.32 Å². The van der Waals surface area contributed by atoms with Crippen LogP contribution in [-0.4, -0.2) is 17.7 Å². The molecule has 17 heavy (non-hydrogen) atoms. The van der Waals surface area contributed by atoms with Gasteiger partial charge in [-0.2, -0.15) is 4.91 Å². The van der Waals surface area contributed by atoms with Gasteiger partial charge in [0.2, 0.25) is 5.91 Å². The van der Waals surface area contributed by atoms with E-state index in [4.69, 9.17) is 0 Å². The van der Waals surface area contributed by atoms with E-state index < -0.39 is 6.04 Å². The number of benzene rings is 1. The second-order valence-corrected chi connectivity index (χ2v) is 4.07. The number of anilines is 1. The fourth-order valence-electron chi connectivity index (χ4n) is 1.83. The quantitative estimate of drug-likeness (QED) is 0.638. The molecule has 1 N–H and O–H groups in total. The number of amides is 1. The summed E-state index contributed by atoms with van der Waals surface area (Å²) in [6.45, 7) is 1.47. The predicted molar refractivity (Wildman–Crippen MR) is 63.0 cm³/mol. The number of rotatable bonds is 3. The number of carbonyl (C=O) groups is 2. The zero-order valence-electron chi connectivity index (χ0n) is 9.40. The molecule has 0 spiro atoms. The molecule has 88 valence electrons. The molecular formula is C12H12N2O3. The maximum absolute atomic E-state index is 11.7. The summed E-state index contributed by atoms with van der Waals surface area (Å²) in [5.74, 6) is -0.306. The van der Waals surface area contributed by atoms with Gasteiger partial charge in [0.05, 0.1) is 0 Å². The van der Waals surface area contributed by atoms with Gasteiger partial charge in [-0.15, -0.1) is 0 Å². The van der Waals surface area contributed by atoms with Gasteiger partial charge in [0.15, 0.2) is 11.8 Å². The number of ketones is 1. The molecule has 5 nitrogen and oxygen atoms in total. The van der Waals surface area contributed by atoms with Crippen LogP contribution in [0.1, 0.15) is 29.3 Å². The lowest BCUT2D eigenvalue weighted by molar-refractivity contribution is -0.116. The minimum absolute atomic E-state index is 0.0143. The third kappa shape index (κ3) is 2.22.